The third kappa shape index (κ3) is 3.20. The molecule has 9 nitrogen and oxygen atoms in total. The van der Waals surface area contributed by atoms with Crippen molar-refractivity contribution in [2.75, 3.05) is 30.4 Å². The number of carbonyl (C=O) groups is 1. The van der Waals surface area contributed by atoms with Gasteiger partial charge in [0.05, 0.1) is 11.7 Å². The number of aromatic nitrogens is 5. The van der Waals surface area contributed by atoms with Crippen LogP contribution in [0.25, 0.3) is 11.0 Å². The summed E-state index contributed by atoms with van der Waals surface area (Å²) in [6.07, 6.45) is 9.27. The molecule has 1 aliphatic heterocycles. The molecule has 0 spiro atoms. The highest BCUT2D eigenvalue weighted by molar-refractivity contribution is 5.88. The first-order chi connectivity index (χ1) is 14.1. The van der Waals surface area contributed by atoms with Gasteiger partial charge in [0.1, 0.15) is 17.8 Å². The van der Waals surface area contributed by atoms with Gasteiger partial charge in [-0.15, -0.1) is 0 Å². The molecule has 2 aliphatic rings. The molecule has 29 heavy (non-hydrogen) atoms. The van der Waals surface area contributed by atoms with Gasteiger partial charge in [-0.3, -0.25) is 5.32 Å². The zero-order valence-electron chi connectivity index (χ0n) is 16.7. The molecule has 2 amide bonds. The fraction of sp³-hybridized carbons (Fsp3) is 0.500. The van der Waals surface area contributed by atoms with E-state index < -0.39 is 0 Å². The maximum absolute atomic E-state index is 12.6. The minimum Gasteiger partial charge on any atom is -0.356 e. The van der Waals surface area contributed by atoms with Gasteiger partial charge in [0.2, 0.25) is 0 Å². The summed E-state index contributed by atoms with van der Waals surface area (Å²) in [6.45, 7) is 4.50. The van der Waals surface area contributed by atoms with Crippen LogP contribution in [0.5, 0.6) is 0 Å². The second kappa shape index (κ2) is 7.06. The minimum absolute atomic E-state index is 0.0458. The topological polar surface area (TPSA) is 95.0 Å². The summed E-state index contributed by atoms with van der Waals surface area (Å²) in [5.41, 5.74) is 0.869. The fourth-order valence-electron chi connectivity index (χ4n) is 4.85. The van der Waals surface area contributed by atoms with Crippen LogP contribution in [0.2, 0.25) is 0 Å². The van der Waals surface area contributed by atoms with E-state index in [2.05, 4.69) is 37.2 Å². The van der Waals surface area contributed by atoms with E-state index in [1.54, 1.807) is 12.7 Å². The normalized spacial score (nSPS) is 23.5. The molecule has 4 heterocycles. The van der Waals surface area contributed by atoms with Crippen LogP contribution in [0.15, 0.2) is 31.1 Å². The first kappa shape index (κ1) is 18.0. The molecule has 3 aromatic rings. The lowest BCUT2D eigenvalue weighted by Crippen LogP contribution is -2.36. The predicted molar refractivity (Wildman–Crippen MR) is 111 cm³/mol. The van der Waals surface area contributed by atoms with Crippen molar-refractivity contribution in [3.8, 4) is 0 Å². The zero-order valence-corrected chi connectivity index (χ0v) is 16.7. The molecule has 1 unspecified atom stereocenters. The van der Waals surface area contributed by atoms with Gasteiger partial charge in [-0.1, -0.05) is 0 Å². The van der Waals surface area contributed by atoms with E-state index in [0.29, 0.717) is 23.7 Å². The molecular formula is C20H26N8O. The van der Waals surface area contributed by atoms with Crippen molar-refractivity contribution in [1.29, 1.82) is 0 Å². The second-order valence-electron chi connectivity index (χ2n) is 8.12. The summed E-state index contributed by atoms with van der Waals surface area (Å²) in [5, 5.41) is 3.98. The van der Waals surface area contributed by atoms with Gasteiger partial charge in [-0.2, -0.15) is 0 Å². The average Bonchev–Trinajstić information content (AvgIpc) is 3.48. The van der Waals surface area contributed by atoms with Crippen molar-refractivity contribution in [1.82, 2.24) is 29.4 Å². The largest absolute Gasteiger partial charge is 0.356 e. The van der Waals surface area contributed by atoms with Crippen LogP contribution < -0.4 is 10.2 Å². The number of aryl methyl sites for hydroxylation is 1. The highest BCUT2D eigenvalue weighted by Gasteiger charge is 2.44. The van der Waals surface area contributed by atoms with E-state index in [1.807, 2.05) is 34.9 Å². The Morgan fingerprint density at radius 1 is 1.28 bits per heavy atom. The van der Waals surface area contributed by atoms with Crippen molar-refractivity contribution < 1.29 is 4.79 Å². The Labute approximate surface area is 169 Å². The highest BCUT2D eigenvalue weighted by atomic mass is 16.2. The molecule has 0 radical (unpaired) electrons. The fourth-order valence-corrected chi connectivity index (χ4v) is 4.85. The van der Waals surface area contributed by atoms with Crippen LogP contribution >= 0.6 is 0 Å². The van der Waals surface area contributed by atoms with Crippen molar-refractivity contribution in [3.05, 3.63) is 31.1 Å². The summed E-state index contributed by atoms with van der Waals surface area (Å²) >= 11 is 0. The van der Waals surface area contributed by atoms with Gasteiger partial charge in [0, 0.05) is 45.1 Å². The molecule has 1 aliphatic carbocycles. The number of amides is 2. The number of likely N-dealkylation sites (tertiary alicyclic amines) is 1. The molecule has 0 aromatic carbocycles. The zero-order chi connectivity index (χ0) is 20.0. The van der Waals surface area contributed by atoms with E-state index in [0.717, 1.165) is 49.3 Å². The maximum Gasteiger partial charge on any atom is 0.323 e. The molecule has 152 valence electrons. The summed E-state index contributed by atoms with van der Waals surface area (Å²) < 4.78 is 1.95. The first-order valence-electron chi connectivity index (χ1n) is 10.2. The number of H-pyrrole nitrogens is 1. The monoisotopic (exact) mass is 394 g/mol. The Balaban J connectivity index is 1.21. The Morgan fingerprint density at radius 3 is 2.79 bits per heavy atom. The van der Waals surface area contributed by atoms with Crippen LogP contribution in [0.1, 0.15) is 19.8 Å². The molecule has 1 saturated carbocycles. The van der Waals surface area contributed by atoms with Crippen LogP contribution in [0.4, 0.5) is 16.4 Å². The molecule has 1 saturated heterocycles. The summed E-state index contributed by atoms with van der Waals surface area (Å²) in [7, 11) is 2.12. The number of nitrogens with one attached hydrogen (secondary N) is 2. The molecule has 0 bridgehead atoms. The molecule has 2 N–H and O–H groups in total. The smallest absolute Gasteiger partial charge is 0.323 e. The van der Waals surface area contributed by atoms with Gasteiger partial charge in [-0.25, -0.2) is 19.7 Å². The van der Waals surface area contributed by atoms with E-state index >= 15 is 0 Å². The third-order valence-electron chi connectivity index (χ3n) is 6.46. The first-order valence-corrected chi connectivity index (χ1v) is 10.2. The number of urea groups is 1. The predicted octanol–water partition coefficient (Wildman–Crippen LogP) is 2.55. The summed E-state index contributed by atoms with van der Waals surface area (Å²) in [6, 6.07) is 2.42. The van der Waals surface area contributed by atoms with Crippen molar-refractivity contribution in [3.63, 3.8) is 0 Å². The Kier molecular flexibility index (Phi) is 4.37. The van der Waals surface area contributed by atoms with Gasteiger partial charge in [0.25, 0.3) is 0 Å². The van der Waals surface area contributed by atoms with Crippen molar-refractivity contribution in [2.45, 2.75) is 32.4 Å². The number of carbonyl (C=O) groups excluding carboxylic acids is 1. The van der Waals surface area contributed by atoms with Gasteiger partial charge >= 0.3 is 6.03 Å². The molecule has 3 atom stereocenters. The molecule has 5 rings (SSSR count). The summed E-state index contributed by atoms with van der Waals surface area (Å²) in [5.74, 6) is 2.66. The van der Waals surface area contributed by atoms with E-state index in [4.69, 9.17) is 0 Å². The van der Waals surface area contributed by atoms with Crippen molar-refractivity contribution >= 4 is 28.7 Å². The summed E-state index contributed by atoms with van der Waals surface area (Å²) in [4.78, 5) is 33.1. The number of nitrogens with zero attached hydrogens (tertiary/aromatic N) is 6. The molecule has 3 aromatic heterocycles. The lowest BCUT2D eigenvalue weighted by Gasteiger charge is -2.28. The number of hydrogen-bond acceptors (Lipinski definition) is 5. The van der Waals surface area contributed by atoms with Gasteiger partial charge in [-0.05, 0) is 37.7 Å². The number of hydrogen-bond donors (Lipinski definition) is 2. The molecule has 9 heteroatoms. The number of aromatic amines is 1. The second-order valence-corrected chi connectivity index (χ2v) is 8.12. The quantitative estimate of drug-likeness (QED) is 0.709. The minimum atomic E-state index is -0.0458. The Hall–Kier alpha value is -3.10. The van der Waals surface area contributed by atoms with Crippen LogP contribution in [0, 0.1) is 11.8 Å². The van der Waals surface area contributed by atoms with Gasteiger partial charge < -0.3 is 19.4 Å². The van der Waals surface area contributed by atoms with Crippen LogP contribution in [0.3, 0.4) is 0 Å². The standard InChI is InChI=1S/C20H26N8O/c1-3-27-10-17(24-12-27)25-20(29)28-8-13-6-15(7-14(13)9-28)26(2)19-16-4-5-21-18(16)22-11-23-19/h4-5,10-15H,3,6-9H2,1-2H3,(H,25,29)(H,21,22,23)/t13-,14+,15?. The van der Waals surface area contributed by atoms with Crippen LogP contribution in [-0.4, -0.2) is 61.6 Å². The van der Waals surface area contributed by atoms with Gasteiger partial charge in [0.15, 0.2) is 5.82 Å². The van der Waals surface area contributed by atoms with E-state index in [9.17, 15) is 4.79 Å². The number of rotatable bonds is 4. The Bertz CT molecular complexity index is 1010. The van der Waals surface area contributed by atoms with E-state index in [1.165, 1.54) is 0 Å². The Morgan fingerprint density at radius 2 is 2.07 bits per heavy atom. The third-order valence-corrected chi connectivity index (χ3v) is 6.46. The molecule has 2 fully saturated rings. The van der Waals surface area contributed by atoms with E-state index in [-0.39, 0.29) is 6.03 Å². The number of fused-ring (bicyclic) bond motifs is 2. The maximum atomic E-state index is 12.6. The lowest BCUT2D eigenvalue weighted by molar-refractivity contribution is 0.218. The molecular weight excluding hydrogens is 368 g/mol. The lowest BCUT2D eigenvalue weighted by atomic mass is 10.0. The average molecular weight is 394 g/mol. The van der Waals surface area contributed by atoms with Crippen LogP contribution in [-0.2, 0) is 6.54 Å². The highest BCUT2D eigenvalue weighted by Crippen LogP contribution is 2.41. The number of anilines is 2. The number of imidazole rings is 1. The van der Waals surface area contributed by atoms with Crippen molar-refractivity contribution in [2.24, 2.45) is 11.8 Å². The SMILES string of the molecule is CCn1cnc(NC(=O)N2C[C@H]3CC(N(C)c4ncnc5[nH]ccc45)C[C@H]3C2)c1.